The van der Waals surface area contributed by atoms with Crippen LogP contribution in [0, 0.1) is 11.3 Å². The van der Waals surface area contributed by atoms with E-state index < -0.39 is 0 Å². The van der Waals surface area contributed by atoms with Crippen LogP contribution in [0.25, 0.3) is 0 Å². The van der Waals surface area contributed by atoms with Gasteiger partial charge in [-0.25, -0.2) is 0 Å². The Hall–Kier alpha value is -2.97. The zero-order valence-corrected chi connectivity index (χ0v) is 12.4. The maximum Gasteiger partial charge on any atom is 0.193 e. The Morgan fingerprint density at radius 2 is 1.68 bits per heavy atom. The Bertz CT molecular complexity index is 759. The third-order valence-corrected chi connectivity index (χ3v) is 3.17. The van der Waals surface area contributed by atoms with E-state index in [0.29, 0.717) is 11.1 Å². The number of nitrogens with two attached hydrogens (primary N) is 1. The maximum atomic E-state index is 12.3. The lowest BCUT2D eigenvalue weighted by Crippen LogP contribution is -2.11. The summed E-state index contributed by atoms with van der Waals surface area (Å²) in [4.78, 5) is 12.3. The van der Waals surface area contributed by atoms with Crippen LogP contribution >= 0.6 is 12.2 Å². The first-order valence-corrected chi connectivity index (χ1v) is 6.89. The highest BCUT2D eigenvalue weighted by Gasteiger charge is 2.07. The number of thiocarbonyl (C=S) groups is 1. The van der Waals surface area contributed by atoms with Crippen LogP contribution in [0.1, 0.15) is 15.9 Å². The summed E-state index contributed by atoms with van der Waals surface area (Å²) < 4.78 is 0. The normalized spacial score (nSPS) is 10.6. The van der Waals surface area contributed by atoms with E-state index in [4.69, 9.17) is 23.2 Å². The summed E-state index contributed by atoms with van der Waals surface area (Å²) in [5.41, 5.74) is 7.55. The number of nitrogens with zero attached hydrogens (tertiary/aromatic N) is 1. The van der Waals surface area contributed by atoms with Crippen LogP contribution in [0.2, 0.25) is 0 Å². The molecule has 0 aromatic heterocycles. The van der Waals surface area contributed by atoms with Gasteiger partial charge in [-0.15, -0.1) is 0 Å². The molecule has 0 saturated carbocycles. The molecule has 0 saturated heterocycles. The standard InChI is InChI=1S/C17H13N3OS/c18-10-14(17(19)22)11-20-15-8-6-13(7-9-15)16(21)12-4-2-1-3-5-12/h1-9,11,20H,(H2,19,22)/b14-11+. The fourth-order valence-electron chi connectivity index (χ4n) is 1.79. The van der Waals surface area contributed by atoms with Crippen molar-refractivity contribution >= 4 is 28.7 Å². The summed E-state index contributed by atoms with van der Waals surface area (Å²) in [6.07, 6.45) is 1.44. The zero-order chi connectivity index (χ0) is 15.9. The van der Waals surface area contributed by atoms with Gasteiger partial charge in [0.1, 0.15) is 16.6 Å². The number of nitrogens with one attached hydrogen (secondary N) is 1. The van der Waals surface area contributed by atoms with E-state index in [2.05, 4.69) is 5.32 Å². The van der Waals surface area contributed by atoms with Gasteiger partial charge in [0.2, 0.25) is 0 Å². The smallest absolute Gasteiger partial charge is 0.193 e. The fourth-order valence-corrected chi connectivity index (χ4v) is 1.89. The molecule has 2 aromatic carbocycles. The number of carbonyl (C=O) groups excluding carboxylic acids is 1. The van der Waals surface area contributed by atoms with Crippen LogP contribution < -0.4 is 11.1 Å². The third kappa shape index (κ3) is 3.78. The van der Waals surface area contributed by atoms with Crippen molar-refractivity contribution < 1.29 is 4.79 Å². The molecule has 0 fully saturated rings. The van der Waals surface area contributed by atoms with E-state index >= 15 is 0 Å². The molecule has 0 aliphatic heterocycles. The first-order chi connectivity index (χ1) is 10.6. The molecule has 108 valence electrons. The predicted molar refractivity (Wildman–Crippen MR) is 90.4 cm³/mol. The number of benzene rings is 2. The van der Waals surface area contributed by atoms with E-state index in [0.717, 1.165) is 5.69 Å². The topological polar surface area (TPSA) is 78.9 Å². The van der Waals surface area contributed by atoms with Crippen molar-refractivity contribution in [3.63, 3.8) is 0 Å². The van der Waals surface area contributed by atoms with Crippen LogP contribution in [-0.4, -0.2) is 10.8 Å². The number of nitriles is 1. The van der Waals surface area contributed by atoms with E-state index in [1.807, 2.05) is 24.3 Å². The molecule has 0 heterocycles. The Balaban J connectivity index is 2.13. The van der Waals surface area contributed by atoms with Crippen LogP contribution in [0.3, 0.4) is 0 Å². The molecule has 2 rings (SSSR count). The molecule has 0 amide bonds. The molecular formula is C17H13N3OS. The molecule has 5 heteroatoms. The molecule has 0 spiro atoms. The molecule has 2 aromatic rings. The SMILES string of the molecule is N#C/C(=C\Nc1ccc(C(=O)c2ccccc2)cc1)C(N)=S. The second-order valence-electron chi connectivity index (χ2n) is 4.45. The van der Waals surface area contributed by atoms with Gasteiger partial charge in [-0.05, 0) is 24.3 Å². The third-order valence-electron chi connectivity index (χ3n) is 2.95. The maximum absolute atomic E-state index is 12.3. The second-order valence-corrected chi connectivity index (χ2v) is 4.89. The van der Waals surface area contributed by atoms with Crippen LogP contribution in [0.5, 0.6) is 0 Å². The monoisotopic (exact) mass is 307 g/mol. The summed E-state index contributed by atoms with van der Waals surface area (Å²) in [7, 11) is 0. The van der Waals surface area contributed by atoms with Gasteiger partial charge in [0.15, 0.2) is 5.78 Å². The van der Waals surface area contributed by atoms with Crippen molar-refractivity contribution in [1.29, 1.82) is 5.26 Å². The minimum absolute atomic E-state index is 0.0332. The van der Waals surface area contributed by atoms with Crippen molar-refractivity contribution in [2.75, 3.05) is 5.32 Å². The average Bonchev–Trinajstić information content (AvgIpc) is 2.56. The van der Waals surface area contributed by atoms with Crippen molar-refractivity contribution in [1.82, 2.24) is 0 Å². The van der Waals surface area contributed by atoms with E-state index in [-0.39, 0.29) is 16.3 Å². The van der Waals surface area contributed by atoms with Crippen molar-refractivity contribution in [2.24, 2.45) is 5.73 Å². The molecule has 0 bridgehead atoms. The summed E-state index contributed by atoms with van der Waals surface area (Å²) >= 11 is 4.74. The lowest BCUT2D eigenvalue weighted by molar-refractivity contribution is 0.103. The van der Waals surface area contributed by atoms with E-state index in [1.54, 1.807) is 36.4 Å². The first-order valence-electron chi connectivity index (χ1n) is 6.48. The number of carbonyl (C=O) groups is 1. The van der Waals surface area contributed by atoms with Crippen LogP contribution in [0.4, 0.5) is 5.69 Å². The van der Waals surface area contributed by atoms with Gasteiger partial charge in [0.05, 0.1) is 0 Å². The predicted octanol–water partition coefficient (Wildman–Crippen LogP) is 3.02. The average molecular weight is 307 g/mol. The van der Waals surface area contributed by atoms with Gasteiger partial charge in [-0.3, -0.25) is 4.79 Å². The highest BCUT2D eigenvalue weighted by atomic mass is 32.1. The van der Waals surface area contributed by atoms with E-state index in [9.17, 15) is 4.79 Å². The molecule has 0 atom stereocenters. The number of rotatable bonds is 5. The van der Waals surface area contributed by atoms with Crippen LogP contribution in [-0.2, 0) is 0 Å². The van der Waals surface area contributed by atoms with Gasteiger partial charge >= 0.3 is 0 Å². The molecule has 0 radical (unpaired) electrons. The van der Waals surface area contributed by atoms with Gasteiger partial charge in [-0.1, -0.05) is 42.5 Å². The zero-order valence-electron chi connectivity index (χ0n) is 11.6. The van der Waals surface area contributed by atoms with Crippen LogP contribution in [0.15, 0.2) is 66.4 Å². The van der Waals surface area contributed by atoms with Gasteiger partial charge in [-0.2, -0.15) is 5.26 Å². The Morgan fingerprint density at radius 3 is 2.23 bits per heavy atom. The molecule has 0 aliphatic carbocycles. The summed E-state index contributed by atoms with van der Waals surface area (Å²) in [5, 5.41) is 11.8. The molecular weight excluding hydrogens is 294 g/mol. The summed E-state index contributed by atoms with van der Waals surface area (Å²) in [6.45, 7) is 0. The highest BCUT2D eigenvalue weighted by Crippen LogP contribution is 2.14. The van der Waals surface area contributed by atoms with Gasteiger partial charge in [0, 0.05) is 23.0 Å². The minimum Gasteiger partial charge on any atom is -0.389 e. The second kappa shape index (κ2) is 7.16. The minimum atomic E-state index is -0.0384. The Kier molecular flexibility index (Phi) is 5.02. The quantitative estimate of drug-likeness (QED) is 0.384. The summed E-state index contributed by atoms with van der Waals surface area (Å²) in [5.74, 6) is -0.0384. The number of ketones is 1. The van der Waals surface area contributed by atoms with Crippen molar-refractivity contribution in [2.45, 2.75) is 0 Å². The Labute approximate surface area is 133 Å². The Morgan fingerprint density at radius 1 is 1.09 bits per heavy atom. The summed E-state index contributed by atoms with van der Waals surface area (Å²) in [6, 6.07) is 17.9. The first kappa shape index (κ1) is 15.4. The number of hydrogen-bond donors (Lipinski definition) is 2. The highest BCUT2D eigenvalue weighted by molar-refractivity contribution is 7.80. The van der Waals surface area contributed by atoms with Crippen molar-refractivity contribution in [3.8, 4) is 6.07 Å². The molecule has 0 aliphatic rings. The van der Waals surface area contributed by atoms with E-state index in [1.165, 1.54) is 6.20 Å². The number of hydrogen-bond acceptors (Lipinski definition) is 4. The molecule has 4 nitrogen and oxygen atoms in total. The number of anilines is 1. The largest absolute Gasteiger partial charge is 0.389 e. The van der Waals surface area contributed by atoms with Crippen molar-refractivity contribution in [3.05, 3.63) is 77.5 Å². The van der Waals surface area contributed by atoms with Gasteiger partial charge in [0.25, 0.3) is 0 Å². The molecule has 3 N–H and O–H groups in total. The lowest BCUT2D eigenvalue weighted by atomic mass is 10.0. The molecule has 0 unspecified atom stereocenters. The lowest BCUT2D eigenvalue weighted by Gasteiger charge is -2.04. The molecule has 22 heavy (non-hydrogen) atoms. The van der Waals surface area contributed by atoms with Gasteiger partial charge < -0.3 is 11.1 Å². The fraction of sp³-hybridized carbons (Fsp3) is 0.